The normalized spacial score (nSPS) is 15.0. The second kappa shape index (κ2) is 4.45. The second-order valence-electron chi connectivity index (χ2n) is 4.50. The summed E-state index contributed by atoms with van der Waals surface area (Å²) in [5, 5.41) is 37.7. The zero-order valence-corrected chi connectivity index (χ0v) is 10.6. The quantitative estimate of drug-likeness (QED) is 0.472. The number of ketones is 1. The van der Waals surface area contributed by atoms with Crippen molar-refractivity contribution in [2.45, 2.75) is 0 Å². The lowest BCUT2D eigenvalue weighted by Gasteiger charge is -2.03. The van der Waals surface area contributed by atoms with Gasteiger partial charge >= 0.3 is 0 Å². The number of hydrogen-bond donors (Lipinski definition) is 4. The van der Waals surface area contributed by atoms with Gasteiger partial charge in [0.25, 0.3) is 0 Å². The molecule has 2 aromatic carbocycles. The number of fused-ring (bicyclic) bond motifs is 1. The Bertz CT molecular complexity index is 791. The molecular weight excluding hydrogens is 276 g/mol. The van der Waals surface area contributed by atoms with E-state index in [1.807, 2.05) is 0 Å². The fraction of sp³-hybridized carbons (Fsp3) is 0. The van der Waals surface area contributed by atoms with Crippen LogP contribution in [0.15, 0.2) is 36.1 Å². The maximum Gasteiger partial charge on any atom is 0.232 e. The fourth-order valence-corrected chi connectivity index (χ4v) is 2.01. The van der Waals surface area contributed by atoms with Crippen LogP contribution in [0.1, 0.15) is 15.9 Å². The van der Waals surface area contributed by atoms with Gasteiger partial charge in [0.1, 0.15) is 0 Å². The molecule has 6 heteroatoms. The van der Waals surface area contributed by atoms with Gasteiger partial charge in [-0.3, -0.25) is 4.79 Å². The van der Waals surface area contributed by atoms with Crippen LogP contribution in [0, 0.1) is 0 Å². The number of allylic oxidation sites excluding steroid dienone is 1. The Morgan fingerprint density at radius 1 is 0.905 bits per heavy atom. The number of carbonyl (C=O) groups excluding carboxylic acids is 1. The highest BCUT2D eigenvalue weighted by Gasteiger charge is 2.31. The minimum Gasteiger partial charge on any atom is -0.504 e. The lowest BCUT2D eigenvalue weighted by atomic mass is 10.1. The van der Waals surface area contributed by atoms with E-state index in [2.05, 4.69) is 0 Å². The number of rotatable bonds is 1. The van der Waals surface area contributed by atoms with Gasteiger partial charge < -0.3 is 25.2 Å². The van der Waals surface area contributed by atoms with E-state index >= 15 is 0 Å². The van der Waals surface area contributed by atoms with E-state index in [1.54, 1.807) is 0 Å². The highest BCUT2D eigenvalue weighted by Crippen LogP contribution is 2.44. The lowest BCUT2D eigenvalue weighted by Crippen LogP contribution is -1.97. The monoisotopic (exact) mass is 286 g/mol. The van der Waals surface area contributed by atoms with Crippen LogP contribution < -0.4 is 4.74 Å². The number of ether oxygens (including phenoxy) is 1. The zero-order chi connectivity index (χ0) is 15.1. The molecule has 21 heavy (non-hydrogen) atoms. The van der Waals surface area contributed by atoms with Gasteiger partial charge in [0.05, 0.1) is 5.56 Å². The predicted molar refractivity (Wildman–Crippen MR) is 72.5 cm³/mol. The number of phenolic OH excluding ortho intramolecular Hbond substituents is 4. The maximum atomic E-state index is 12.1. The van der Waals surface area contributed by atoms with Crippen LogP contribution in [0.5, 0.6) is 28.7 Å². The van der Waals surface area contributed by atoms with Crippen LogP contribution in [0.4, 0.5) is 0 Å². The van der Waals surface area contributed by atoms with Crippen LogP contribution in [0.2, 0.25) is 0 Å². The van der Waals surface area contributed by atoms with E-state index in [0.29, 0.717) is 5.56 Å². The Labute approximate surface area is 118 Å². The van der Waals surface area contributed by atoms with Crippen LogP contribution in [0.25, 0.3) is 6.08 Å². The Morgan fingerprint density at radius 2 is 1.62 bits per heavy atom. The average Bonchev–Trinajstić information content (AvgIpc) is 2.76. The molecular formula is C15H10O6. The molecule has 0 saturated carbocycles. The lowest BCUT2D eigenvalue weighted by molar-refractivity contribution is 0.101. The molecule has 0 atom stereocenters. The van der Waals surface area contributed by atoms with Crippen molar-refractivity contribution in [1.29, 1.82) is 0 Å². The first-order chi connectivity index (χ1) is 9.97. The van der Waals surface area contributed by atoms with Crippen LogP contribution >= 0.6 is 0 Å². The van der Waals surface area contributed by atoms with E-state index in [1.165, 1.54) is 36.4 Å². The number of hydrogen-bond acceptors (Lipinski definition) is 6. The van der Waals surface area contributed by atoms with Gasteiger partial charge in [-0.2, -0.15) is 0 Å². The number of phenols is 4. The highest BCUT2D eigenvalue weighted by molar-refractivity contribution is 6.15. The second-order valence-corrected chi connectivity index (χ2v) is 4.50. The molecule has 0 aliphatic carbocycles. The van der Waals surface area contributed by atoms with Gasteiger partial charge in [0, 0.05) is 0 Å². The maximum absolute atomic E-state index is 12.1. The molecule has 1 aliphatic heterocycles. The molecule has 0 unspecified atom stereocenters. The zero-order valence-electron chi connectivity index (χ0n) is 10.6. The molecule has 106 valence electrons. The van der Waals surface area contributed by atoms with Gasteiger partial charge in [-0.15, -0.1) is 0 Å². The van der Waals surface area contributed by atoms with Crippen molar-refractivity contribution >= 4 is 11.9 Å². The first kappa shape index (κ1) is 12.9. The molecule has 0 bridgehead atoms. The van der Waals surface area contributed by atoms with Crippen LogP contribution in [-0.2, 0) is 0 Å². The fourth-order valence-electron chi connectivity index (χ4n) is 2.01. The number of carbonyl (C=O) groups is 1. The van der Waals surface area contributed by atoms with Gasteiger partial charge in [-0.05, 0) is 35.9 Å². The van der Waals surface area contributed by atoms with Crippen molar-refractivity contribution in [2.24, 2.45) is 0 Å². The van der Waals surface area contributed by atoms with Crippen molar-refractivity contribution in [3.8, 4) is 28.7 Å². The molecule has 0 saturated heterocycles. The van der Waals surface area contributed by atoms with E-state index in [4.69, 9.17) is 4.74 Å². The van der Waals surface area contributed by atoms with Crippen LogP contribution in [0.3, 0.4) is 0 Å². The Morgan fingerprint density at radius 3 is 2.33 bits per heavy atom. The number of Topliss-reactive ketones (excluding diaryl/α,β-unsaturated/α-hetero) is 1. The van der Waals surface area contributed by atoms with Gasteiger partial charge in [0.15, 0.2) is 28.8 Å². The topological polar surface area (TPSA) is 107 Å². The average molecular weight is 286 g/mol. The number of aromatic hydroxyl groups is 4. The predicted octanol–water partition coefficient (Wildman–Crippen LogP) is 2.13. The van der Waals surface area contributed by atoms with Crippen molar-refractivity contribution in [3.05, 3.63) is 47.2 Å². The van der Waals surface area contributed by atoms with Crippen molar-refractivity contribution < 1.29 is 30.0 Å². The first-order valence-electron chi connectivity index (χ1n) is 5.98. The van der Waals surface area contributed by atoms with Crippen molar-refractivity contribution in [1.82, 2.24) is 0 Å². The highest BCUT2D eigenvalue weighted by atomic mass is 16.5. The Balaban J connectivity index is 2.02. The summed E-state index contributed by atoms with van der Waals surface area (Å²) < 4.78 is 5.26. The third-order valence-corrected chi connectivity index (χ3v) is 3.09. The van der Waals surface area contributed by atoms with Crippen LogP contribution in [-0.4, -0.2) is 26.2 Å². The summed E-state index contributed by atoms with van der Waals surface area (Å²) in [6.07, 6.45) is 1.36. The molecule has 0 aromatic heterocycles. The smallest absolute Gasteiger partial charge is 0.232 e. The minimum absolute atomic E-state index is 0.0593. The standard InChI is InChI=1S/C15H10O6/c16-9-3-1-7(5-11(9)18)6-12-13(19)8-2-4-10(17)14(20)15(8)21-12/h1-6,16-18,20H/b12-6-. The first-order valence-corrected chi connectivity index (χ1v) is 5.98. The summed E-state index contributed by atoms with van der Waals surface area (Å²) in [5.74, 6) is -2.10. The molecule has 1 heterocycles. The van der Waals surface area contributed by atoms with Crippen molar-refractivity contribution in [3.63, 3.8) is 0 Å². The third kappa shape index (κ3) is 2.02. The molecule has 0 spiro atoms. The molecule has 0 radical (unpaired) electrons. The Kier molecular flexibility index (Phi) is 2.72. The molecule has 0 fully saturated rings. The summed E-state index contributed by atoms with van der Waals surface area (Å²) in [4.78, 5) is 12.1. The summed E-state index contributed by atoms with van der Waals surface area (Å²) in [6.45, 7) is 0. The third-order valence-electron chi connectivity index (χ3n) is 3.09. The van der Waals surface area contributed by atoms with Crippen molar-refractivity contribution in [2.75, 3.05) is 0 Å². The Hall–Kier alpha value is -3.15. The van der Waals surface area contributed by atoms with E-state index in [9.17, 15) is 25.2 Å². The van der Waals surface area contributed by atoms with Gasteiger partial charge in [-0.25, -0.2) is 0 Å². The molecule has 6 nitrogen and oxygen atoms in total. The van der Waals surface area contributed by atoms with Gasteiger partial charge in [-0.1, -0.05) is 6.07 Å². The molecule has 1 aliphatic rings. The van der Waals surface area contributed by atoms with Gasteiger partial charge in [0.2, 0.25) is 11.5 Å². The van der Waals surface area contributed by atoms with E-state index in [0.717, 1.165) is 0 Å². The number of benzene rings is 2. The summed E-state index contributed by atoms with van der Waals surface area (Å²) in [6, 6.07) is 6.57. The van der Waals surface area contributed by atoms with E-state index in [-0.39, 0.29) is 34.3 Å². The SMILES string of the molecule is O=C1/C(=C/c2ccc(O)c(O)c2)Oc2c1ccc(O)c2O. The molecule has 0 amide bonds. The summed E-state index contributed by atoms with van der Waals surface area (Å²) >= 11 is 0. The van der Waals surface area contributed by atoms with E-state index < -0.39 is 11.5 Å². The minimum atomic E-state index is -0.502. The summed E-state index contributed by atoms with van der Waals surface area (Å²) in [7, 11) is 0. The largest absolute Gasteiger partial charge is 0.504 e. The molecule has 3 rings (SSSR count). The molecule has 4 N–H and O–H groups in total. The molecule has 2 aromatic rings. The summed E-state index contributed by atoms with van der Waals surface area (Å²) in [5.41, 5.74) is 0.574.